The van der Waals surface area contributed by atoms with Crippen molar-refractivity contribution in [1.82, 2.24) is 9.97 Å². The molecule has 0 aliphatic carbocycles. The minimum absolute atomic E-state index is 0.112. The second-order valence-corrected chi connectivity index (χ2v) is 8.03. The van der Waals surface area contributed by atoms with Crippen LogP contribution >= 0.6 is 0 Å². The molecule has 4 heterocycles. The number of aromatic nitrogens is 2. The predicted molar refractivity (Wildman–Crippen MR) is 121 cm³/mol. The molecule has 7 nitrogen and oxygen atoms in total. The van der Waals surface area contributed by atoms with Gasteiger partial charge in [0.1, 0.15) is 14.4 Å². The van der Waals surface area contributed by atoms with Crippen LogP contribution in [0.15, 0.2) is 55.1 Å². The van der Waals surface area contributed by atoms with Crippen LogP contribution < -0.4 is 20.2 Å². The maximum atomic E-state index is 13.1. The van der Waals surface area contributed by atoms with Crippen LogP contribution in [0.2, 0.25) is 0 Å². The van der Waals surface area contributed by atoms with Crippen molar-refractivity contribution in [2.24, 2.45) is 0 Å². The first-order chi connectivity index (χ1) is 16.2. The van der Waals surface area contributed by atoms with Gasteiger partial charge in [-0.15, -0.1) is 0 Å². The molecule has 0 N–H and O–H groups in total. The zero-order chi connectivity index (χ0) is 24.0. The molecule has 2 aliphatic heterocycles. The Hall–Kier alpha value is -3.89. The van der Waals surface area contributed by atoms with Crippen molar-refractivity contribution in [3.05, 3.63) is 66.2 Å². The van der Waals surface area contributed by atoms with E-state index in [-0.39, 0.29) is 11.4 Å². The number of urea groups is 1. The standard InChI is InChI=1S/C23H17BF3N5O2/c24-18-9-16(3-4-20(18)30-7-1-2-14-10-28-6-5-19(14)30)32-21(33)13-31(22(32)34)17-8-15(11-29-12-17)23(25,26)27/h3-6,8-12H,1-2,7,13H2. The van der Waals surface area contributed by atoms with E-state index in [0.29, 0.717) is 11.7 Å². The molecule has 0 atom stereocenters. The van der Waals surface area contributed by atoms with Gasteiger partial charge in [-0.3, -0.25) is 19.7 Å². The van der Waals surface area contributed by atoms with E-state index >= 15 is 0 Å². The van der Waals surface area contributed by atoms with Crippen LogP contribution in [-0.4, -0.2) is 42.8 Å². The Kier molecular flexibility index (Phi) is 5.26. The maximum absolute atomic E-state index is 13.1. The number of benzene rings is 1. The molecule has 1 fully saturated rings. The third-order valence-corrected chi connectivity index (χ3v) is 5.88. The van der Waals surface area contributed by atoms with Crippen LogP contribution in [-0.2, 0) is 17.4 Å². The molecule has 0 saturated carbocycles. The molecule has 1 saturated heterocycles. The minimum Gasteiger partial charge on any atom is -0.342 e. The van der Waals surface area contributed by atoms with Crippen molar-refractivity contribution in [2.75, 3.05) is 27.8 Å². The summed E-state index contributed by atoms with van der Waals surface area (Å²) in [7, 11) is 6.33. The normalized spacial score (nSPS) is 16.3. The zero-order valence-corrected chi connectivity index (χ0v) is 17.8. The highest BCUT2D eigenvalue weighted by atomic mass is 19.4. The number of aryl methyl sites for hydroxylation is 1. The molecule has 3 amide bonds. The number of carbonyl (C=O) groups is 2. The summed E-state index contributed by atoms with van der Waals surface area (Å²) in [6.07, 6.45) is 2.52. The zero-order valence-electron chi connectivity index (χ0n) is 17.8. The fourth-order valence-corrected chi connectivity index (χ4v) is 4.29. The first-order valence-corrected chi connectivity index (χ1v) is 10.5. The van der Waals surface area contributed by atoms with Crippen molar-refractivity contribution in [1.29, 1.82) is 0 Å². The lowest BCUT2D eigenvalue weighted by Crippen LogP contribution is -2.34. The van der Waals surface area contributed by atoms with Gasteiger partial charge in [0.15, 0.2) is 0 Å². The lowest BCUT2D eigenvalue weighted by molar-refractivity contribution is -0.137. The van der Waals surface area contributed by atoms with E-state index in [0.717, 1.165) is 58.4 Å². The smallest absolute Gasteiger partial charge is 0.342 e. The van der Waals surface area contributed by atoms with Crippen LogP contribution in [0.4, 0.5) is 40.7 Å². The van der Waals surface area contributed by atoms with Gasteiger partial charge < -0.3 is 4.90 Å². The largest absolute Gasteiger partial charge is 0.417 e. The average Bonchev–Trinajstić information content (AvgIpc) is 3.12. The third-order valence-electron chi connectivity index (χ3n) is 5.88. The van der Waals surface area contributed by atoms with Crippen LogP contribution in [0, 0.1) is 0 Å². The van der Waals surface area contributed by atoms with Crippen LogP contribution in [0.25, 0.3) is 0 Å². The van der Waals surface area contributed by atoms with Gasteiger partial charge in [-0.1, -0.05) is 5.46 Å². The quantitative estimate of drug-likeness (QED) is 0.441. The van der Waals surface area contributed by atoms with Gasteiger partial charge >= 0.3 is 12.2 Å². The van der Waals surface area contributed by atoms with Crippen molar-refractivity contribution < 1.29 is 22.8 Å². The lowest BCUT2D eigenvalue weighted by atomic mass is 9.91. The number of carbonyl (C=O) groups excluding carboxylic acids is 2. The monoisotopic (exact) mass is 463 g/mol. The molecule has 2 radical (unpaired) electrons. The van der Waals surface area contributed by atoms with E-state index < -0.39 is 30.2 Å². The Bertz CT molecular complexity index is 1300. The number of hydrogen-bond donors (Lipinski definition) is 0. The van der Waals surface area contributed by atoms with Crippen LogP contribution in [0.5, 0.6) is 0 Å². The Morgan fingerprint density at radius 1 is 0.912 bits per heavy atom. The second kappa shape index (κ2) is 8.16. The van der Waals surface area contributed by atoms with Gasteiger partial charge in [0.25, 0.3) is 5.91 Å². The summed E-state index contributed by atoms with van der Waals surface area (Å²) < 4.78 is 39.2. The molecule has 0 spiro atoms. The maximum Gasteiger partial charge on any atom is 0.417 e. The van der Waals surface area contributed by atoms with E-state index in [1.54, 1.807) is 18.3 Å². The SMILES string of the molecule is [B]c1cc(N2C(=O)CN(c3cncc(C(F)(F)F)c3)C2=O)ccc1N1CCCc2cnccc21. The minimum atomic E-state index is -4.62. The average molecular weight is 463 g/mol. The summed E-state index contributed by atoms with van der Waals surface area (Å²) in [6, 6.07) is 6.79. The first kappa shape index (κ1) is 21.9. The van der Waals surface area contributed by atoms with Crippen molar-refractivity contribution in [3.63, 3.8) is 0 Å². The number of amides is 3. The number of hydrogen-bond acceptors (Lipinski definition) is 5. The predicted octanol–water partition coefficient (Wildman–Crippen LogP) is 3.35. The molecule has 170 valence electrons. The second-order valence-electron chi connectivity index (χ2n) is 8.03. The van der Waals surface area contributed by atoms with Gasteiger partial charge in [-0.2, -0.15) is 13.2 Å². The van der Waals surface area contributed by atoms with Gasteiger partial charge in [0.2, 0.25) is 0 Å². The Morgan fingerprint density at radius 3 is 2.50 bits per heavy atom. The Balaban J connectivity index is 1.44. The molecule has 2 aromatic heterocycles. The molecule has 11 heteroatoms. The molecular formula is C23H17BF3N5O2. The molecule has 1 aromatic carbocycles. The van der Waals surface area contributed by atoms with Crippen LogP contribution in [0.3, 0.4) is 0 Å². The van der Waals surface area contributed by atoms with Crippen molar-refractivity contribution >= 4 is 48.0 Å². The first-order valence-electron chi connectivity index (χ1n) is 10.5. The van der Waals surface area contributed by atoms with E-state index in [4.69, 9.17) is 7.85 Å². The summed E-state index contributed by atoms with van der Waals surface area (Å²) >= 11 is 0. The Morgan fingerprint density at radius 2 is 1.74 bits per heavy atom. The van der Waals surface area contributed by atoms with Crippen LogP contribution in [0.1, 0.15) is 17.5 Å². The number of fused-ring (bicyclic) bond motifs is 1. The van der Waals surface area contributed by atoms with E-state index in [2.05, 4.69) is 14.9 Å². The molecular weight excluding hydrogens is 446 g/mol. The summed E-state index contributed by atoms with van der Waals surface area (Å²) in [5, 5.41) is 0. The fraction of sp³-hybridized carbons (Fsp3) is 0.217. The van der Waals surface area contributed by atoms with E-state index in [1.165, 1.54) is 6.07 Å². The third kappa shape index (κ3) is 3.76. The number of alkyl halides is 3. The molecule has 3 aromatic rings. The van der Waals surface area contributed by atoms with Gasteiger partial charge in [-0.25, -0.2) is 9.69 Å². The summed E-state index contributed by atoms with van der Waals surface area (Å²) in [6.45, 7) is 0.342. The molecule has 34 heavy (non-hydrogen) atoms. The van der Waals surface area contributed by atoms with Gasteiger partial charge in [-0.05, 0) is 48.7 Å². The lowest BCUT2D eigenvalue weighted by Gasteiger charge is -2.32. The summed E-state index contributed by atoms with van der Waals surface area (Å²) in [5.41, 5.74) is 2.32. The van der Waals surface area contributed by atoms with Gasteiger partial charge in [0.05, 0.1) is 23.1 Å². The topological polar surface area (TPSA) is 69.6 Å². The number of pyridine rings is 2. The number of imide groups is 1. The summed E-state index contributed by atoms with van der Waals surface area (Å²) in [5.74, 6) is -0.580. The van der Waals surface area contributed by atoms with E-state index in [1.807, 2.05) is 12.3 Å². The van der Waals surface area contributed by atoms with Crippen molar-refractivity contribution in [3.8, 4) is 0 Å². The molecule has 5 rings (SSSR count). The number of rotatable bonds is 3. The molecule has 0 bridgehead atoms. The van der Waals surface area contributed by atoms with E-state index in [9.17, 15) is 22.8 Å². The van der Waals surface area contributed by atoms with Gasteiger partial charge in [0, 0.05) is 36.5 Å². The number of anilines is 4. The summed E-state index contributed by atoms with van der Waals surface area (Å²) in [4.78, 5) is 37.4. The van der Waals surface area contributed by atoms with Crippen molar-refractivity contribution in [2.45, 2.75) is 19.0 Å². The number of nitrogens with zero attached hydrogens (tertiary/aromatic N) is 5. The molecule has 2 aliphatic rings. The highest BCUT2D eigenvalue weighted by molar-refractivity contribution is 6.37. The Labute approximate surface area is 194 Å². The fourth-order valence-electron chi connectivity index (χ4n) is 4.29. The number of halogens is 3. The highest BCUT2D eigenvalue weighted by Gasteiger charge is 2.39. The molecule has 0 unspecified atom stereocenters. The highest BCUT2D eigenvalue weighted by Crippen LogP contribution is 2.35.